The standard InChI is InChI=1S/C21H20N2/c1-14-11-16(12-15(2)21(14)22)13-23-19-9-5-3-7-17(19)18-8-4-6-10-20(18)23/h3-12H,13,22H2,1-2H3. The van der Waals surface area contributed by atoms with Crippen LogP contribution in [-0.2, 0) is 6.54 Å². The number of nitrogens with zero attached hydrogens (tertiary/aromatic N) is 1. The van der Waals surface area contributed by atoms with E-state index in [-0.39, 0.29) is 0 Å². The van der Waals surface area contributed by atoms with Crippen LogP contribution in [0.2, 0.25) is 0 Å². The lowest BCUT2D eigenvalue weighted by Gasteiger charge is -2.12. The molecule has 2 heteroatoms. The lowest BCUT2D eigenvalue weighted by Crippen LogP contribution is -2.02. The molecule has 0 aliphatic carbocycles. The maximum Gasteiger partial charge on any atom is 0.0494 e. The molecule has 0 unspecified atom stereocenters. The molecule has 114 valence electrons. The van der Waals surface area contributed by atoms with Crippen LogP contribution in [-0.4, -0.2) is 4.57 Å². The van der Waals surface area contributed by atoms with Gasteiger partial charge in [0.1, 0.15) is 0 Å². The van der Waals surface area contributed by atoms with Gasteiger partial charge in [0.25, 0.3) is 0 Å². The molecule has 0 aliphatic rings. The van der Waals surface area contributed by atoms with E-state index in [1.54, 1.807) is 0 Å². The maximum atomic E-state index is 6.10. The number of nitrogens with two attached hydrogens (primary N) is 1. The van der Waals surface area contributed by atoms with Gasteiger partial charge in [-0.2, -0.15) is 0 Å². The van der Waals surface area contributed by atoms with Gasteiger partial charge in [0.15, 0.2) is 0 Å². The summed E-state index contributed by atoms with van der Waals surface area (Å²) in [7, 11) is 0. The Kier molecular flexibility index (Phi) is 3.12. The minimum absolute atomic E-state index is 0.857. The molecule has 1 aromatic heterocycles. The third kappa shape index (κ3) is 2.18. The summed E-state index contributed by atoms with van der Waals surface area (Å²) in [6.07, 6.45) is 0. The first-order chi connectivity index (χ1) is 11.1. The second-order valence-corrected chi connectivity index (χ2v) is 6.26. The molecule has 0 radical (unpaired) electrons. The van der Waals surface area contributed by atoms with Crippen LogP contribution in [0.3, 0.4) is 0 Å². The van der Waals surface area contributed by atoms with Crippen LogP contribution in [0.15, 0.2) is 60.7 Å². The number of hydrogen-bond donors (Lipinski definition) is 1. The number of anilines is 1. The molecule has 4 rings (SSSR count). The Bertz CT molecular complexity index is 948. The summed E-state index contributed by atoms with van der Waals surface area (Å²) < 4.78 is 2.40. The molecule has 0 saturated heterocycles. The van der Waals surface area contributed by atoms with Crippen molar-refractivity contribution in [3.05, 3.63) is 77.4 Å². The second kappa shape index (κ2) is 5.17. The molecular weight excluding hydrogens is 280 g/mol. The van der Waals surface area contributed by atoms with Crippen molar-refractivity contribution < 1.29 is 0 Å². The fourth-order valence-electron chi connectivity index (χ4n) is 3.51. The van der Waals surface area contributed by atoms with Crippen LogP contribution >= 0.6 is 0 Å². The van der Waals surface area contributed by atoms with Gasteiger partial charge in [0.05, 0.1) is 0 Å². The van der Waals surface area contributed by atoms with Gasteiger partial charge in [-0.15, -0.1) is 0 Å². The van der Waals surface area contributed by atoms with Crippen molar-refractivity contribution in [3.8, 4) is 0 Å². The summed E-state index contributed by atoms with van der Waals surface area (Å²) in [4.78, 5) is 0. The fraction of sp³-hybridized carbons (Fsp3) is 0.143. The van der Waals surface area contributed by atoms with E-state index in [4.69, 9.17) is 5.73 Å². The van der Waals surface area contributed by atoms with Crippen LogP contribution in [0.25, 0.3) is 21.8 Å². The molecule has 0 spiro atoms. The predicted molar refractivity (Wildman–Crippen MR) is 98.9 cm³/mol. The number of aryl methyl sites for hydroxylation is 2. The summed E-state index contributed by atoms with van der Waals surface area (Å²) in [5.74, 6) is 0. The molecule has 0 atom stereocenters. The van der Waals surface area contributed by atoms with Gasteiger partial charge in [0, 0.05) is 34.0 Å². The quantitative estimate of drug-likeness (QED) is 0.516. The zero-order valence-corrected chi connectivity index (χ0v) is 13.5. The van der Waals surface area contributed by atoms with Gasteiger partial charge in [-0.25, -0.2) is 0 Å². The Morgan fingerprint density at radius 3 is 1.78 bits per heavy atom. The fourth-order valence-corrected chi connectivity index (χ4v) is 3.51. The zero-order chi connectivity index (χ0) is 16.0. The Balaban J connectivity index is 1.94. The Labute approximate surface area is 136 Å². The number of nitrogen functional groups attached to an aromatic ring is 1. The highest BCUT2D eigenvalue weighted by Gasteiger charge is 2.10. The first kappa shape index (κ1) is 13.9. The summed E-state index contributed by atoms with van der Waals surface area (Å²) in [5, 5.41) is 2.62. The van der Waals surface area contributed by atoms with E-state index in [0.717, 1.165) is 23.4 Å². The lowest BCUT2D eigenvalue weighted by molar-refractivity contribution is 0.866. The van der Waals surface area contributed by atoms with Gasteiger partial charge < -0.3 is 10.3 Å². The molecule has 1 heterocycles. The Hall–Kier alpha value is -2.74. The van der Waals surface area contributed by atoms with Crippen molar-refractivity contribution in [2.75, 3.05) is 5.73 Å². The maximum absolute atomic E-state index is 6.10. The van der Waals surface area contributed by atoms with Crippen molar-refractivity contribution in [1.82, 2.24) is 4.57 Å². The summed E-state index contributed by atoms with van der Waals surface area (Å²) in [6.45, 7) is 5.02. The van der Waals surface area contributed by atoms with Gasteiger partial charge in [-0.1, -0.05) is 48.5 Å². The van der Waals surface area contributed by atoms with E-state index in [9.17, 15) is 0 Å². The molecule has 4 aromatic rings. The first-order valence-electron chi connectivity index (χ1n) is 7.97. The molecule has 0 amide bonds. The van der Waals surface area contributed by atoms with Gasteiger partial charge in [-0.05, 0) is 42.7 Å². The predicted octanol–water partition coefficient (Wildman–Crippen LogP) is 5.04. The summed E-state index contributed by atoms with van der Waals surface area (Å²) in [6, 6.07) is 21.6. The molecule has 0 bridgehead atoms. The lowest BCUT2D eigenvalue weighted by atomic mass is 10.0. The highest BCUT2D eigenvalue weighted by molar-refractivity contribution is 6.08. The van der Waals surface area contributed by atoms with Crippen molar-refractivity contribution in [3.63, 3.8) is 0 Å². The summed E-state index contributed by atoms with van der Waals surface area (Å²) >= 11 is 0. The number of rotatable bonds is 2. The third-order valence-electron chi connectivity index (χ3n) is 4.67. The van der Waals surface area contributed by atoms with Crippen molar-refractivity contribution in [1.29, 1.82) is 0 Å². The second-order valence-electron chi connectivity index (χ2n) is 6.26. The van der Waals surface area contributed by atoms with Gasteiger partial charge in [-0.3, -0.25) is 0 Å². The average Bonchev–Trinajstić information content (AvgIpc) is 2.87. The minimum atomic E-state index is 0.857. The highest BCUT2D eigenvalue weighted by atomic mass is 15.0. The normalized spacial score (nSPS) is 11.4. The molecular formula is C21H20N2. The van der Waals surface area contributed by atoms with E-state index >= 15 is 0 Å². The molecule has 3 aromatic carbocycles. The van der Waals surface area contributed by atoms with E-state index in [2.05, 4.69) is 79.1 Å². The minimum Gasteiger partial charge on any atom is -0.398 e. The van der Waals surface area contributed by atoms with Crippen molar-refractivity contribution >= 4 is 27.5 Å². The van der Waals surface area contributed by atoms with Crippen LogP contribution in [0, 0.1) is 13.8 Å². The molecule has 0 saturated carbocycles. The topological polar surface area (TPSA) is 30.9 Å². The number of para-hydroxylation sites is 2. The Morgan fingerprint density at radius 1 is 0.783 bits per heavy atom. The molecule has 0 aliphatic heterocycles. The van der Waals surface area contributed by atoms with E-state index in [1.807, 2.05) is 0 Å². The summed E-state index contributed by atoms with van der Waals surface area (Å²) in [5.41, 5.74) is 13.2. The van der Waals surface area contributed by atoms with Crippen LogP contribution in [0.1, 0.15) is 16.7 Å². The smallest absolute Gasteiger partial charge is 0.0494 e. The van der Waals surface area contributed by atoms with Crippen molar-refractivity contribution in [2.24, 2.45) is 0 Å². The number of aromatic nitrogens is 1. The number of fused-ring (bicyclic) bond motifs is 3. The molecule has 23 heavy (non-hydrogen) atoms. The monoisotopic (exact) mass is 300 g/mol. The van der Waals surface area contributed by atoms with E-state index in [1.165, 1.54) is 27.4 Å². The first-order valence-corrected chi connectivity index (χ1v) is 7.97. The molecule has 0 fully saturated rings. The van der Waals surface area contributed by atoms with Crippen LogP contribution in [0.4, 0.5) is 5.69 Å². The van der Waals surface area contributed by atoms with Gasteiger partial charge in [0.2, 0.25) is 0 Å². The third-order valence-corrected chi connectivity index (χ3v) is 4.67. The number of benzene rings is 3. The van der Waals surface area contributed by atoms with Crippen LogP contribution < -0.4 is 5.73 Å². The Morgan fingerprint density at radius 2 is 1.26 bits per heavy atom. The van der Waals surface area contributed by atoms with Gasteiger partial charge >= 0.3 is 0 Å². The van der Waals surface area contributed by atoms with Crippen LogP contribution in [0.5, 0.6) is 0 Å². The highest BCUT2D eigenvalue weighted by Crippen LogP contribution is 2.30. The number of hydrogen-bond acceptors (Lipinski definition) is 1. The van der Waals surface area contributed by atoms with E-state index in [0.29, 0.717) is 0 Å². The van der Waals surface area contributed by atoms with E-state index < -0.39 is 0 Å². The molecule has 2 N–H and O–H groups in total. The SMILES string of the molecule is Cc1cc(Cn2c3ccccc3c3ccccc32)cc(C)c1N. The average molecular weight is 300 g/mol. The van der Waals surface area contributed by atoms with Crippen molar-refractivity contribution in [2.45, 2.75) is 20.4 Å². The largest absolute Gasteiger partial charge is 0.398 e. The zero-order valence-electron chi connectivity index (χ0n) is 13.5. The molecule has 2 nitrogen and oxygen atoms in total.